The van der Waals surface area contributed by atoms with Crippen LogP contribution in [-0.2, 0) is 9.59 Å². The van der Waals surface area contributed by atoms with Gasteiger partial charge in [0.25, 0.3) is 5.91 Å². The number of ketones is 1. The molecule has 0 spiro atoms. The molecule has 34 heavy (non-hydrogen) atoms. The van der Waals surface area contributed by atoms with Crippen molar-refractivity contribution in [1.29, 1.82) is 0 Å². The van der Waals surface area contributed by atoms with Gasteiger partial charge in [0.15, 0.2) is 5.78 Å². The Morgan fingerprint density at radius 3 is 2.44 bits per heavy atom. The van der Waals surface area contributed by atoms with Crippen LogP contribution in [0.25, 0.3) is 0 Å². The van der Waals surface area contributed by atoms with E-state index < -0.39 is 23.5 Å². The second-order valence-corrected chi connectivity index (χ2v) is 8.61. The molecule has 7 heteroatoms. The van der Waals surface area contributed by atoms with Gasteiger partial charge in [0.05, 0.1) is 5.69 Å². The third kappa shape index (κ3) is 4.47. The Kier molecular flexibility index (Phi) is 6.82. The summed E-state index contributed by atoms with van der Waals surface area (Å²) in [6.07, 6.45) is 1.91. The van der Waals surface area contributed by atoms with Crippen molar-refractivity contribution in [1.82, 2.24) is 5.32 Å². The van der Waals surface area contributed by atoms with Crippen molar-refractivity contribution in [2.45, 2.75) is 46.0 Å². The normalized spacial score (nSPS) is 17.9. The van der Waals surface area contributed by atoms with Gasteiger partial charge < -0.3 is 15.5 Å². The molecule has 0 saturated carbocycles. The van der Waals surface area contributed by atoms with Crippen LogP contribution >= 0.6 is 0 Å². The summed E-state index contributed by atoms with van der Waals surface area (Å²) in [5.74, 6) is -2.67. The summed E-state index contributed by atoms with van der Waals surface area (Å²) < 4.78 is 27.6. The number of anilines is 2. The highest BCUT2D eigenvalue weighted by Crippen LogP contribution is 2.42. The Bertz CT molecular complexity index is 1180. The summed E-state index contributed by atoms with van der Waals surface area (Å²) in [5, 5.41) is 5.83. The molecule has 0 fully saturated rings. The van der Waals surface area contributed by atoms with Crippen molar-refractivity contribution in [3.63, 3.8) is 0 Å². The summed E-state index contributed by atoms with van der Waals surface area (Å²) in [6.45, 7) is 7.70. The van der Waals surface area contributed by atoms with Gasteiger partial charge in [0, 0.05) is 59.7 Å². The molecule has 0 aromatic heterocycles. The number of halogens is 2. The highest BCUT2D eigenvalue weighted by molar-refractivity contribution is 6.09. The molecular weight excluding hydrogens is 436 g/mol. The standard InChI is InChI=1S/C27H29F2N3O2/c1-4-32(5-2)19-12-9-17(10-13-19)25-24(16(3)30-22-7-6-8-23(33)26(22)25)27(34)31-21-14-11-18(28)15-20(21)29/h9-15,25,30H,4-8H2,1-3H3,(H,31,34). The van der Waals surface area contributed by atoms with E-state index in [1.807, 2.05) is 24.3 Å². The average molecular weight is 466 g/mol. The van der Waals surface area contributed by atoms with Gasteiger partial charge in [-0.15, -0.1) is 0 Å². The van der Waals surface area contributed by atoms with E-state index in [1.54, 1.807) is 6.92 Å². The number of nitrogens with zero attached hydrogens (tertiary/aromatic N) is 1. The van der Waals surface area contributed by atoms with Crippen molar-refractivity contribution in [2.24, 2.45) is 0 Å². The van der Waals surface area contributed by atoms with Crippen LogP contribution in [0.15, 0.2) is 65.0 Å². The molecule has 2 aliphatic rings. The van der Waals surface area contributed by atoms with E-state index in [2.05, 4.69) is 29.4 Å². The smallest absolute Gasteiger partial charge is 0.254 e. The summed E-state index contributed by atoms with van der Waals surface area (Å²) >= 11 is 0. The lowest BCUT2D eigenvalue weighted by atomic mass is 9.75. The zero-order valence-electron chi connectivity index (χ0n) is 19.7. The fraction of sp³-hybridized carbons (Fsp3) is 0.333. The highest BCUT2D eigenvalue weighted by atomic mass is 19.1. The Labute approximate surface area is 198 Å². The fourth-order valence-corrected chi connectivity index (χ4v) is 4.86. The lowest BCUT2D eigenvalue weighted by molar-refractivity contribution is -0.116. The molecule has 1 unspecified atom stereocenters. The van der Waals surface area contributed by atoms with Gasteiger partial charge in [-0.3, -0.25) is 9.59 Å². The molecular formula is C27H29F2N3O2. The van der Waals surface area contributed by atoms with Crippen LogP contribution in [0.4, 0.5) is 20.2 Å². The topological polar surface area (TPSA) is 61.4 Å². The van der Waals surface area contributed by atoms with Crippen LogP contribution in [0.3, 0.4) is 0 Å². The number of dihydropyridines is 1. The monoisotopic (exact) mass is 465 g/mol. The maximum atomic E-state index is 14.3. The largest absolute Gasteiger partial charge is 0.372 e. The zero-order chi connectivity index (χ0) is 24.4. The molecule has 0 bridgehead atoms. The van der Waals surface area contributed by atoms with Crippen molar-refractivity contribution in [2.75, 3.05) is 23.3 Å². The van der Waals surface area contributed by atoms with Gasteiger partial charge in [-0.05, 0) is 63.4 Å². The summed E-state index contributed by atoms with van der Waals surface area (Å²) in [7, 11) is 0. The first-order valence-electron chi connectivity index (χ1n) is 11.7. The minimum Gasteiger partial charge on any atom is -0.372 e. The van der Waals surface area contributed by atoms with E-state index >= 15 is 0 Å². The SMILES string of the molecule is CCN(CC)c1ccc(C2C(C(=O)Nc3ccc(F)cc3F)=C(C)NC3=C2C(=O)CCC3)cc1. The fourth-order valence-electron chi connectivity index (χ4n) is 4.86. The quantitative estimate of drug-likeness (QED) is 0.598. The third-order valence-electron chi connectivity index (χ3n) is 6.55. The molecule has 1 aliphatic heterocycles. The molecule has 2 N–H and O–H groups in total. The number of carbonyl (C=O) groups is 2. The van der Waals surface area contributed by atoms with E-state index in [9.17, 15) is 18.4 Å². The van der Waals surface area contributed by atoms with Crippen molar-refractivity contribution < 1.29 is 18.4 Å². The molecule has 0 radical (unpaired) electrons. The number of carbonyl (C=O) groups excluding carboxylic acids is 2. The maximum Gasteiger partial charge on any atom is 0.254 e. The number of allylic oxidation sites excluding steroid dienone is 3. The lowest BCUT2D eigenvalue weighted by Crippen LogP contribution is -2.35. The van der Waals surface area contributed by atoms with Crippen LogP contribution in [0.2, 0.25) is 0 Å². The average Bonchev–Trinajstić information content (AvgIpc) is 2.81. The van der Waals surface area contributed by atoms with Crippen LogP contribution < -0.4 is 15.5 Å². The molecule has 0 saturated heterocycles. The minimum absolute atomic E-state index is 0.0114. The highest BCUT2D eigenvalue weighted by Gasteiger charge is 2.38. The van der Waals surface area contributed by atoms with E-state index in [0.29, 0.717) is 23.3 Å². The second kappa shape index (κ2) is 9.79. The minimum atomic E-state index is -0.857. The summed E-state index contributed by atoms with van der Waals surface area (Å²) in [4.78, 5) is 28.7. The summed E-state index contributed by atoms with van der Waals surface area (Å²) in [5.41, 5.74) is 4.18. The third-order valence-corrected chi connectivity index (χ3v) is 6.55. The lowest BCUT2D eigenvalue weighted by Gasteiger charge is -2.34. The predicted octanol–water partition coefficient (Wildman–Crippen LogP) is 5.42. The van der Waals surface area contributed by atoms with Crippen LogP contribution in [0, 0.1) is 11.6 Å². The number of rotatable bonds is 6. The van der Waals surface area contributed by atoms with Gasteiger partial charge >= 0.3 is 0 Å². The van der Waals surface area contributed by atoms with Gasteiger partial charge in [-0.25, -0.2) is 8.78 Å². The molecule has 178 valence electrons. The van der Waals surface area contributed by atoms with Gasteiger partial charge in [0.1, 0.15) is 11.6 Å². The van der Waals surface area contributed by atoms with Gasteiger partial charge in [0.2, 0.25) is 0 Å². The van der Waals surface area contributed by atoms with Gasteiger partial charge in [-0.1, -0.05) is 12.1 Å². The number of hydrogen-bond donors (Lipinski definition) is 2. The van der Waals surface area contributed by atoms with Crippen molar-refractivity contribution in [3.05, 3.63) is 82.2 Å². The Morgan fingerprint density at radius 2 is 1.79 bits per heavy atom. The van der Waals surface area contributed by atoms with Crippen LogP contribution in [0.5, 0.6) is 0 Å². The zero-order valence-corrected chi connectivity index (χ0v) is 19.7. The van der Waals surface area contributed by atoms with Gasteiger partial charge in [-0.2, -0.15) is 0 Å². The van der Waals surface area contributed by atoms with Crippen molar-refractivity contribution in [3.8, 4) is 0 Å². The Balaban J connectivity index is 1.76. The Morgan fingerprint density at radius 1 is 1.09 bits per heavy atom. The first-order valence-corrected chi connectivity index (χ1v) is 11.7. The number of amides is 1. The predicted molar refractivity (Wildman–Crippen MR) is 129 cm³/mol. The molecule has 1 atom stereocenters. The molecule has 1 amide bonds. The van der Waals surface area contributed by atoms with E-state index in [4.69, 9.17) is 0 Å². The first-order chi connectivity index (χ1) is 16.3. The van der Waals surface area contributed by atoms with Crippen LogP contribution in [-0.4, -0.2) is 24.8 Å². The second-order valence-electron chi connectivity index (χ2n) is 8.61. The number of nitrogens with one attached hydrogen (secondary N) is 2. The maximum absolute atomic E-state index is 14.3. The molecule has 1 heterocycles. The molecule has 2 aromatic rings. The van der Waals surface area contributed by atoms with E-state index in [0.717, 1.165) is 55.0 Å². The number of benzene rings is 2. The van der Waals surface area contributed by atoms with E-state index in [1.165, 1.54) is 6.07 Å². The molecule has 4 rings (SSSR count). The van der Waals surface area contributed by atoms with E-state index in [-0.39, 0.29) is 11.5 Å². The molecule has 1 aliphatic carbocycles. The van der Waals surface area contributed by atoms with Crippen molar-refractivity contribution >= 4 is 23.1 Å². The summed E-state index contributed by atoms with van der Waals surface area (Å²) in [6, 6.07) is 10.9. The van der Waals surface area contributed by atoms with Crippen LogP contribution in [0.1, 0.15) is 51.5 Å². The molecule has 2 aromatic carbocycles. The molecule has 5 nitrogen and oxygen atoms in total. The first kappa shape index (κ1) is 23.7. The number of Topliss-reactive ketones (excluding diaryl/α,β-unsaturated/α-hetero) is 1. The Hall–Kier alpha value is -3.48. The number of hydrogen-bond acceptors (Lipinski definition) is 4.